The van der Waals surface area contributed by atoms with Crippen molar-refractivity contribution < 1.29 is 13.2 Å². The van der Waals surface area contributed by atoms with Crippen molar-refractivity contribution in [3.05, 3.63) is 48.0 Å². The number of methoxy groups -OCH3 is 1. The Morgan fingerprint density at radius 1 is 1.04 bits per heavy atom. The lowest BCUT2D eigenvalue weighted by Crippen LogP contribution is -2.19. The third-order valence-corrected chi connectivity index (χ3v) is 3.93. The van der Waals surface area contributed by atoms with Gasteiger partial charge in [-0.1, -0.05) is 6.07 Å². The summed E-state index contributed by atoms with van der Waals surface area (Å²) in [5.41, 5.74) is 2.82. The molecule has 2 aromatic rings. The Morgan fingerprint density at radius 3 is 2.21 bits per heavy atom. The predicted molar refractivity (Wildman–Crippen MR) is 102 cm³/mol. The van der Waals surface area contributed by atoms with Crippen LogP contribution in [0.4, 0.5) is 17.1 Å². The average Bonchev–Trinajstić information content (AvgIpc) is 2.50. The molecule has 8 heteroatoms. The van der Waals surface area contributed by atoms with E-state index < -0.39 is 10.0 Å². The molecule has 0 saturated carbocycles. The number of thiocarbonyl (C=S) groups is 1. The zero-order valence-electron chi connectivity index (χ0n) is 13.6. The first-order valence-corrected chi connectivity index (χ1v) is 9.37. The summed E-state index contributed by atoms with van der Waals surface area (Å²) in [7, 11) is -1.73. The van der Waals surface area contributed by atoms with Crippen LogP contribution in [0.2, 0.25) is 0 Å². The average molecular weight is 365 g/mol. The van der Waals surface area contributed by atoms with Gasteiger partial charge in [0.15, 0.2) is 5.11 Å². The van der Waals surface area contributed by atoms with Gasteiger partial charge in [-0.3, -0.25) is 4.72 Å². The summed E-state index contributed by atoms with van der Waals surface area (Å²) in [6.45, 7) is 1.82. The van der Waals surface area contributed by atoms with Gasteiger partial charge >= 0.3 is 0 Å². The molecule has 2 rings (SSSR count). The van der Waals surface area contributed by atoms with E-state index in [2.05, 4.69) is 15.4 Å². The number of ether oxygens (including phenoxy) is 1. The smallest absolute Gasteiger partial charge is 0.229 e. The molecule has 3 N–H and O–H groups in total. The van der Waals surface area contributed by atoms with Crippen molar-refractivity contribution in [3.8, 4) is 5.75 Å². The highest BCUT2D eigenvalue weighted by atomic mass is 32.2. The molecule has 0 saturated heterocycles. The maximum Gasteiger partial charge on any atom is 0.229 e. The summed E-state index contributed by atoms with van der Waals surface area (Å²) in [6, 6.07) is 12.7. The van der Waals surface area contributed by atoms with Gasteiger partial charge in [-0.05, 0) is 61.1 Å². The lowest BCUT2D eigenvalue weighted by molar-refractivity contribution is 0.415. The van der Waals surface area contributed by atoms with Crippen LogP contribution in [-0.4, -0.2) is 26.9 Å². The van der Waals surface area contributed by atoms with Crippen LogP contribution in [0, 0.1) is 6.92 Å². The maximum atomic E-state index is 11.4. The van der Waals surface area contributed by atoms with Crippen molar-refractivity contribution in [1.29, 1.82) is 0 Å². The molecule has 0 aliphatic heterocycles. The van der Waals surface area contributed by atoms with Crippen LogP contribution in [0.5, 0.6) is 5.75 Å². The number of nitrogens with one attached hydrogen (secondary N) is 3. The number of benzene rings is 2. The maximum absolute atomic E-state index is 11.4. The van der Waals surface area contributed by atoms with E-state index in [4.69, 9.17) is 17.0 Å². The quantitative estimate of drug-likeness (QED) is 0.706. The Kier molecular flexibility index (Phi) is 5.63. The number of sulfonamides is 1. The summed E-state index contributed by atoms with van der Waals surface area (Å²) >= 11 is 5.27. The van der Waals surface area contributed by atoms with Gasteiger partial charge in [-0.2, -0.15) is 0 Å². The minimum atomic E-state index is -3.34. The fourth-order valence-corrected chi connectivity index (χ4v) is 2.83. The summed E-state index contributed by atoms with van der Waals surface area (Å²) in [6.07, 6.45) is 1.11. The molecule has 0 radical (unpaired) electrons. The van der Waals surface area contributed by atoms with Crippen LogP contribution in [0.3, 0.4) is 0 Å². The first-order chi connectivity index (χ1) is 11.3. The molecule has 0 atom stereocenters. The zero-order chi connectivity index (χ0) is 17.7. The minimum absolute atomic E-state index is 0.398. The highest BCUT2D eigenvalue weighted by Crippen LogP contribution is 2.22. The van der Waals surface area contributed by atoms with E-state index in [1.165, 1.54) is 0 Å². The van der Waals surface area contributed by atoms with Gasteiger partial charge in [0.2, 0.25) is 10.0 Å². The summed E-state index contributed by atoms with van der Waals surface area (Å²) in [5, 5.41) is 6.47. The molecule has 0 aliphatic carbocycles. The molecule has 0 heterocycles. The van der Waals surface area contributed by atoms with E-state index in [9.17, 15) is 8.42 Å². The number of hydrogen-bond donors (Lipinski definition) is 3. The van der Waals surface area contributed by atoms with Gasteiger partial charge in [0, 0.05) is 11.4 Å². The zero-order valence-corrected chi connectivity index (χ0v) is 15.2. The Balaban J connectivity index is 2.06. The molecular weight excluding hydrogens is 346 g/mol. The van der Waals surface area contributed by atoms with E-state index >= 15 is 0 Å². The van der Waals surface area contributed by atoms with E-state index in [-0.39, 0.29) is 0 Å². The SMILES string of the molecule is COc1ccc(NC(=S)Nc2ccc(C)c(NS(C)(=O)=O)c2)cc1. The normalized spacial score (nSPS) is 10.8. The number of aryl methyl sites for hydroxylation is 1. The Labute approximate surface area is 147 Å². The van der Waals surface area contributed by atoms with Crippen LogP contribution >= 0.6 is 12.2 Å². The largest absolute Gasteiger partial charge is 0.497 e. The van der Waals surface area contributed by atoms with E-state index in [1.807, 2.05) is 43.3 Å². The molecule has 0 bridgehead atoms. The first kappa shape index (κ1) is 18.0. The Bertz CT molecular complexity index is 834. The van der Waals surface area contributed by atoms with Crippen molar-refractivity contribution in [2.24, 2.45) is 0 Å². The van der Waals surface area contributed by atoms with Crippen LogP contribution in [0.25, 0.3) is 0 Å². The molecule has 0 aromatic heterocycles. The van der Waals surface area contributed by atoms with E-state index in [1.54, 1.807) is 13.2 Å². The summed E-state index contributed by atoms with van der Waals surface area (Å²) in [5.74, 6) is 0.759. The van der Waals surface area contributed by atoms with Crippen molar-refractivity contribution in [2.75, 3.05) is 28.7 Å². The van der Waals surface area contributed by atoms with Crippen LogP contribution in [0.15, 0.2) is 42.5 Å². The Hall–Kier alpha value is -2.32. The lowest BCUT2D eigenvalue weighted by Gasteiger charge is -2.13. The van der Waals surface area contributed by atoms with Crippen LogP contribution < -0.4 is 20.1 Å². The molecular formula is C16H19N3O3S2. The van der Waals surface area contributed by atoms with Gasteiger partial charge < -0.3 is 15.4 Å². The van der Waals surface area contributed by atoms with Crippen molar-refractivity contribution in [1.82, 2.24) is 0 Å². The molecule has 0 unspecified atom stereocenters. The Morgan fingerprint density at radius 2 is 1.62 bits per heavy atom. The molecule has 0 aliphatic rings. The standard InChI is InChI=1S/C16H19N3O3S2/c1-11-4-5-13(10-15(11)19-24(3,20)21)18-16(23)17-12-6-8-14(22-2)9-7-12/h4-10,19H,1-3H3,(H2,17,18,23). The number of rotatable bonds is 5. The number of anilines is 3. The van der Waals surface area contributed by atoms with Gasteiger partial charge in [0.1, 0.15) is 5.75 Å². The predicted octanol–water partition coefficient (Wildman–Crippen LogP) is 3.18. The second-order valence-corrected chi connectivity index (χ2v) is 7.37. The summed E-state index contributed by atoms with van der Waals surface area (Å²) < 4.78 is 30.4. The van der Waals surface area contributed by atoms with Crippen molar-refractivity contribution >= 4 is 44.4 Å². The van der Waals surface area contributed by atoms with E-state index in [0.29, 0.717) is 16.5 Å². The highest BCUT2D eigenvalue weighted by molar-refractivity contribution is 7.92. The monoisotopic (exact) mass is 365 g/mol. The third kappa shape index (κ3) is 5.39. The van der Waals surface area contributed by atoms with Crippen molar-refractivity contribution in [3.63, 3.8) is 0 Å². The second kappa shape index (κ2) is 7.50. The molecule has 128 valence electrons. The third-order valence-electron chi connectivity index (χ3n) is 3.14. The molecule has 6 nitrogen and oxygen atoms in total. The minimum Gasteiger partial charge on any atom is -0.497 e. The van der Waals surface area contributed by atoms with Gasteiger partial charge in [0.05, 0.1) is 19.1 Å². The highest BCUT2D eigenvalue weighted by Gasteiger charge is 2.07. The molecule has 2 aromatic carbocycles. The lowest BCUT2D eigenvalue weighted by atomic mass is 10.2. The van der Waals surface area contributed by atoms with Crippen molar-refractivity contribution in [2.45, 2.75) is 6.92 Å². The number of hydrogen-bond acceptors (Lipinski definition) is 4. The van der Waals surface area contributed by atoms with Crippen LogP contribution in [-0.2, 0) is 10.0 Å². The first-order valence-electron chi connectivity index (χ1n) is 7.07. The second-order valence-electron chi connectivity index (χ2n) is 5.21. The molecule has 0 amide bonds. The van der Waals surface area contributed by atoms with E-state index in [0.717, 1.165) is 23.3 Å². The summed E-state index contributed by atoms with van der Waals surface area (Å²) in [4.78, 5) is 0. The molecule has 0 spiro atoms. The van der Waals surface area contributed by atoms with Crippen LogP contribution in [0.1, 0.15) is 5.56 Å². The van der Waals surface area contributed by atoms with Gasteiger partial charge in [-0.25, -0.2) is 8.42 Å². The fraction of sp³-hybridized carbons (Fsp3) is 0.188. The van der Waals surface area contributed by atoms with Gasteiger partial charge in [0.25, 0.3) is 0 Å². The fourth-order valence-electron chi connectivity index (χ4n) is 1.98. The molecule has 0 fully saturated rings. The molecule has 24 heavy (non-hydrogen) atoms. The topological polar surface area (TPSA) is 79.5 Å². The van der Waals surface area contributed by atoms with Gasteiger partial charge in [-0.15, -0.1) is 0 Å².